The molecule has 0 aliphatic rings. The predicted octanol–water partition coefficient (Wildman–Crippen LogP) is 13.0. The number of fused-ring (bicyclic) bond motifs is 12. The summed E-state index contributed by atoms with van der Waals surface area (Å²) >= 11 is 0. The van der Waals surface area contributed by atoms with Crippen molar-refractivity contribution in [3.63, 3.8) is 0 Å². The van der Waals surface area contributed by atoms with Crippen LogP contribution in [0.5, 0.6) is 0 Å². The molecule has 0 aliphatic carbocycles. The lowest BCUT2D eigenvalue weighted by Crippen LogP contribution is -1.84. The van der Waals surface area contributed by atoms with Crippen LogP contribution in [0.4, 0.5) is 0 Å². The van der Waals surface area contributed by atoms with Crippen molar-refractivity contribution in [3.05, 3.63) is 170 Å². The van der Waals surface area contributed by atoms with Crippen molar-refractivity contribution in [1.29, 1.82) is 0 Å². The lowest BCUT2D eigenvalue weighted by molar-refractivity contribution is 1.37. The molecule has 4 heterocycles. The van der Waals surface area contributed by atoms with E-state index in [1.54, 1.807) is 0 Å². The molecule has 0 saturated carbocycles. The molecule has 0 unspecified atom stereocenters. The number of benzene rings is 8. The lowest BCUT2D eigenvalue weighted by Gasteiger charge is -2.06. The number of nitrogens with zero attached hydrogens (tertiary/aromatic N) is 2. The minimum Gasteiger partial charge on any atom is -0.308 e. The fourth-order valence-corrected chi connectivity index (χ4v) is 8.94. The van der Waals surface area contributed by atoms with Gasteiger partial charge < -0.3 is 8.80 Å². The summed E-state index contributed by atoms with van der Waals surface area (Å²) in [6, 6.07) is 62.8. The van der Waals surface area contributed by atoms with Crippen LogP contribution in [0.25, 0.3) is 110 Å². The Morgan fingerprint density at radius 1 is 0.220 bits per heavy atom. The number of hydrogen-bond donors (Lipinski definition) is 0. The van der Waals surface area contributed by atoms with E-state index in [9.17, 15) is 0 Å². The minimum absolute atomic E-state index is 1.24. The van der Waals surface area contributed by atoms with Crippen LogP contribution in [0.2, 0.25) is 0 Å². The van der Waals surface area contributed by atoms with Gasteiger partial charge >= 0.3 is 0 Å². The Morgan fingerprint density at radius 3 is 1.08 bits per heavy atom. The molecule has 0 fully saturated rings. The topological polar surface area (TPSA) is 8.82 Å². The largest absolute Gasteiger partial charge is 0.308 e. The molecular formula is C48H28N2. The Labute approximate surface area is 287 Å². The third-order valence-corrected chi connectivity index (χ3v) is 11.2. The molecule has 0 spiro atoms. The summed E-state index contributed by atoms with van der Waals surface area (Å²) in [5, 5.41) is 10.4. The molecule has 0 radical (unpaired) electrons. The highest BCUT2D eigenvalue weighted by Crippen LogP contribution is 2.44. The molecule has 12 aromatic rings. The van der Waals surface area contributed by atoms with E-state index < -0.39 is 0 Å². The van der Waals surface area contributed by atoms with Crippen molar-refractivity contribution < 1.29 is 0 Å². The SMILES string of the molecule is c1ccc(-c2ccc3c(c2)c2cccc4c5cc(-c6ccc7c(c6)c6cccc8c9ccc(-c%10ccccc%10)cc9n7c68)ccc5n3c24)cc1. The van der Waals surface area contributed by atoms with E-state index in [1.807, 2.05) is 0 Å². The van der Waals surface area contributed by atoms with Crippen LogP contribution in [0.1, 0.15) is 0 Å². The second-order valence-corrected chi connectivity index (χ2v) is 13.7. The second-order valence-electron chi connectivity index (χ2n) is 13.7. The van der Waals surface area contributed by atoms with Gasteiger partial charge in [0, 0.05) is 43.1 Å². The van der Waals surface area contributed by atoms with E-state index >= 15 is 0 Å². The van der Waals surface area contributed by atoms with Crippen LogP contribution in [-0.4, -0.2) is 8.80 Å². The third-order valence-electron chi connectivity index (χ3n) is 11.2. The lowest BCUT2D eigenvalue weighted by atomic mass is 9.99. The fraction of sp³-hybridized carbons (Fsp3) is 0. The molecule has 0 aliphatic heterocycles. The fourth-order valence-electron chi connectivity index (χ4n) is 8.94. The Hall–Kier alpha value is -6.64. The van der Waals surface area contributed by atoms with E-state index in [1.165, 1.54) is 110 Å². The average Bonchev–Trinajstić information content (AvgIpc) is 3.91. The smallest absolute Gasteiger partial charge is 0.0620 e. The van der Waals surface area contributed by atoms with Crippen LogP contribution >= 0.6 is 0 Å². The minimum atomic E-state index is 1.24. The first-order chi connectivity index (χ1) is 24.8. The van der Waals surface area contributed by atoms with Gasteiger partial charge in [0.1, 0.15) is 0 Å². The summed E-state index contributed by atoms with van der Waals surface area (Å²) in [5.74, 6) is 0. The van der Waals surface area contributed by atoms with Gasteiger partial charge in [0.15, 0.2) is 0 Å². The number of para-hydroxylation sites is 2. The summed E-state index contributed by atoms with van der Waals surface area (Å²) < 4.78 is 4.95. The molecule has 8 aromatic carbocycles. The van der Waals surface area contributed by atoms with Gasteiger partial charge in [-0.3, -0.25) is 0 Å². The Morgan fingerprint density at radius 2 is 0.600 bits per heavy atom. The van der Waals surface area contributed by atoms with Gasteiger partial charge in [-0.25, -0.2) is 0 Å². The highest BCUT2D eigenvalue weighted by Gasteiger charge is 2.20. The molecule has 0 amide bonds. The Bertz CT molecular complexity index is 3290. The molecule has 0 saturated heterocycles. The maximum atomic E-state index is 2.48. The van der Waals surface area contributed by atoms with Gasteiger partial charge in [-0.05, 0) is 75.8 Å². The zero-order valence-electron chi connectivity index (χ0n) is 27.1. The molecule has 2 nitrogen and oxygen atoms in total. The molecule has 50 heavy (non-hydrogen) atoms. The average molecular weight is 633 g/mol. The Balaban J connectivity index is 1.05. The first-order valence-electron chi connectivity index (χ1n) is 17.4. The first-order valence-corrected chi connectivity index (χ1v) is 17.4. The summed E-state index contributed by atoms with van der Waals surface area (Å²) in [4.78, 5) is 0. The maximum absolute atomic E-state index is 2.48. The van der Waals surface area contributed by atoms with Crippen LogP contribution in [-0.2, 0) is 0 Å². The van der Waals surface area contributed by atoms with Crippen molar-refractivity contribution in [1.82, 2.24) is 8.80 Å². The standard InChI is InChI=1S/C48H28N2/c1-3-9-29(10-4-1)31-18-22-43-40(25-31)38-15-8-16-39-41-26-32(19-23-44(41)49(43)48(38)39)33-20-24-45-42(27-33)37-14-7-13-36-35-21-17-34(30-11-5-2-6-12-30)28-46(35)50(45)47(36)37/h1-28H. The van der Waals surface area contributed by atoms with Crippen molar-refractivity contribution in [2.24, 2.45) is 0 Å². The molecular weight excluding hydrogens is 605 g/mol. The van der Waals surface area contributed by atoms with Crippen molar-refractivity contribution >= 4 is 76.2 Å². The van der Waals surface area contributed by atoms with Crippen molar-refractivity contribution in [3.8, 4) is 33.4 Å². The van der Waals surface area contributed by atoms with Crippen LogP contribution in [0.3, 0.4) is 0 Å². The normalized spacial score (nSPS) is 12.4. The molecule has 0 atom stereocenters. The molecule has 4 aromatic heterocycles. The third kappa shape index (κ3) is 3.37. The van der Waals surface area contributed by atoms with Crippen LogP contribution in [0.15, 0.2) is 170 Å². The molecule has 0 N–H and O–H groups in total. The van der Waals surface area contributed by atoms with E-state index in [2.05, 4.69) is 179 Å². The highest BCUT2D eigenvalue weighted by atomic mass is 14.9. The number of aromatic nitrogens is 2. The van der Waals surface area contributed by atoms with Gasteiger partial charge in [0.25, 0.3) is 0 Å². The molecule has 0 bridgehead atoms. The van der Waals surface area contributed by atoms with Crippen LogP contribution < -0.4 is 0 Å². The van der Waals surface area contributed by atoms with Gasteiger partial charge in [0.05, 0.1) is 33.1 Å². The summed E-state index contributed by atoms with van der Waals surface area (Å²) in [5.41, 5.74) is 15.1. The van der Waals surface area contributed by atoms with E-state index in [0.717, 1.165) is 0 Å². The van der Waals surface area contributed by atoms with Crippen LogP contribution in [0, 0.1) is 0 Å². The number of hydrogen-bond acceptors (Lipinski definition) is 0. The van der Waals surface area contributed by atoms with Gasteiger partial charge in [-0.2, -0.15) is 0 Å². The van der Waals surface area contributed by atoms with E-state index in [-0.39, 0.29) is 0 Å². The monoisotopic (exact) mass is 632 g/mol. The Kier molecular flexibility index (Phi) is 5.00. The predicted molar refractivity (Wildman–Crippen MR) is 212 cm³/mol. The quantitative estimate of drug-likeness (QED) is 0.183. The highest BCUT2D eigenvalue weighted by molar-refractivity contribution is 6.25. The van der Waals surface area contributed by atoms with Gasteiger partial charge in [-0.1, -0.05) is 127 Å². The maximum Gasteiger partial charge on any atom is 0.0620 e. The molecule has 2 heteroatoms. The summed E-state index contributed by atoms with van der Waals surface area (Å²) in [6.45, 7) is 0. The van der Waals surface area contributed by atoms with E-state index in [4.69, 9.17) is 0 Å². The van der Waals surface area contributed by atoms with E-state index in [0.29, 0.717) is 0 Å². The zero-order chi connectivity index (χ0) is 32.5. The number of rotatable bonds is 3. The second kappa shape index (κ2) is 9.49. The molecule has 230 valence electrons. The van der Waals surface area contributed by atoms with Gasteiger partial charge in [0.2, 0.25) is 0 Å². The van der Waals surface area contributed by atoms with Crippen molar-refractivity contribution in [2.45, 2.75) is 0 Å². The van der Waals surface area contributed by atoms with Crippen molar-refractivity contribution in [2.75, 3.05) is 0 Å². The summed E-state index contributed by atoms with van der Waals surface area (Å²) in [6.07, 6.45) is 0. The summed E-state index contributed by atoms with van der Waals surface area (Å²) in [7, 11) is 0. The zero-order valence-corrected chi connectivity index (χ0v) is 27.1. The molecule has 12 rings (SSSR count). The van der Waals surface area contributed by atoms with Gasteiger partial charge in [-0.15, -0.1) is 0 Å². The first kappa shape index (κ1) is 26.3.